The monoisotopic (exact) mass is 160 g/mol. The molecule has 3 fully saturated rings. The highest BCUT2D eigenvalue weighted by Gasteiger charge is 2.60. The molecule has 1 heteroatoms. The topological polar surface area (TPSA) is 23.8 Å². The Morgan fingerprint density at radius 2 is 2.08 bits per heavy atom. The van der Waals surface area contributed by atoms with Crippen molar-refractivity contribution in [2.45, 2.75) is 32.1 Å². The van der Waals surface area contributed by atoms with E-state index in [1.54, 1.807) is 0 Å². The standard InChI is InChI=1S/C11H14N/c12-7-11-2-1-8-3-9(6-11)5-10(11)4-8/h2,8-10H,1,3-6H2/q+1/t8-,9+,10-,11+/m1/s1. The summed E-state index contributed by atoms with van der Waals surface area (Å²) in [6, 6.07) is 2.58. The third kappa shape index (κ3) is 0.665. The number of fused-ring (bicyclic) bond motifs is 2. The molecule has 0 heterocycles. The second-order valence-electron chi connectivity index (χ2n) is 4.93. The molecule has 0 aliphatic heterocycles. The first kappa shape index (κ1) is 6.83. The van der Waals surface area contributed by atoms with Crippen LogP contribution in [0.3, 0.4) is 0 Å². The van der Waals surface area contributed by atoms with Gasteiger partial charge in [-0.3, -0.25) is 0 Å². The van der Waals surface area contributed by atoms with Crippen molar-refractivity contribution in [3.05, 3.63) is 6.42 Å². The Morgan fingerprint density at radius 1 is 1.25 bits per heavy atom. The molecule has 3 rings (SSSR count). The summed E-state index contributed by atoms with van der Waals surface area (Å²) in [6.07, 6.45) is 8.86. The largest absolute Gasteiger partial charge is 0.195 e. The summed E-state index contributed by atoms with van der Waals surface area (Å²) in [5.74, 6) is 2.57. The Bertz CT molecular complexity index is 252. The van der Waals surface area contributed by atoms with Gasteiger partial charge in [-0.05, 0) is 31.1 Å². The molecule has 0 N–H and O–H groups in total. The van der Waals surface area contributed by atoms with Crippen molar-refractivity contribution in [1.82, 2.24) is 0 Å². The van der Waals surface area contributed by atoms with Gasteiger partial charge in [-0.1, -0.05) is 0 Å². The Balaban J connectivity index is 2.02. The minimum absolute atomic E-state index is 0.0255. The van der Waals surface area contributed by atoms with Crippen molar-refractivity contribution in [3.8, 4) is 6.07 Å². The van der Waals surface area contributed by atoms with Gasteiger partial charge in [0.2, 0.25) is 0 Å². The maximum absolute atomic E-state index is 9.21. The number of hydrogen-bond donors (Lipinski definition) is 0. The van der Waals surface area contributed by atoms with E-state index in [0.717, 1.165) is 17.8 Å². The number of nitriles is 1. The van der Waals surface area contributed by atoms with Crippen LogP contribution in [0, 0.1) is 40.9 Å². The zero-order valence-electron chi connectivity index (χ0n) is 7.29. The maximum atomic E-state index is 9.21. The average molecular weight is 160 g/mol. The van der Waals surface area contributed by atoms with E-state index < -0.39 is 0 Å². The Morgan fingerprint density at radius 3 is 2.92 bits per heavy atom. The van der Waals surface area contributed by atoms with Gasteiger partial charge in [0.1, 0.15) is 6.07 Å². The second kappa shape index (κ2) is 1.99. The number of nitrogens with zero attached hydrogens (tertiary/aromatic N) is 1. The van der Waals surface area contributed by atoms with Crippen LogP contribution in [0.15, 0.2) is 0 Å². The summed E-state index contributed by atoms with van der Waals surface area (Å²) in [6.45, 7) is 0. The zero-order chi connectivity index (χ0) is 8.18. The van der Waals surface area contributed by atoms with E-state index in [-0.39, 0.29) is 5.41 Å². The lowest BCUT2D eigenvalue weighted by Crippen LogP contribution is -2.31. The normalized spacial score (nSPS) is 54.8. The van der Waals surface area contributed by atoms with Crippen LogP contribution in [-0.2, 0) is 0 Å². The van der Waals surface area contributed by atoms with Gasteiger partial charge in [0.25, 0.3) is 0 Å². The molecule has 0 saturated heterocycles. The molecule has 0 spiro atoms. The van der Waals surface area contributed by atoms with E-state index in [0.29, 0.717) is 0 Å². The maximum Gasteiger partial charge on any atom is 0.195 e. The Kier molecular flexibility index (Phi) is 1.13. The van der Waals surface area contributed by atoms with Crippen LogP contribution < -0.4 is 0 Å². The van der Waals surface area contributed by atoms with Gasteiger partial charge in [0, 0.05) is 12.3 Å². The van der Waals surface area contributed by atoms with Gasteiger partial charge in [-0.25, -0.2) is 0 Å². The molecule has 3 aliphatic rings. The van der Waals surface area contributed by atoms with E-state index >= 15 is 0 Å². The van der Waals surface area contributed by atoms with E-state index in [1.165, 1.54) is 32.1 Å². The fourth-order valence-electron chi connectivity index (χ4n) is 3.80. The number of hydrogen-bond acceptors (Lipinski definition) is 1. The van der Waals surface area contributed by atoms with Crippen molar-refractivity contribution in [3.63, 3.8) is 0 Å². The first-order valence-electron chi connectivity index (χ1n) is 5.08. The highest BCUT2D eigenvalue weighted by atomic mass is 14.6. The average Bonchev–Trinajstić information content (AvgIpc) is 2.25. The molecule has 3 saturated carbocycles. The molecule has 0 radical (unpaired) electrons. The minimum Gasteiger partial charge on any atom is -0.193 e. The molecule has 0 amide bonds. The van der Waals surface area contributed by atoms with Crippen LogP contribution in [0.4, 0.5) is 0 Å². The quantitative estimate of drug-likeness (QED) is 0.499. The molecule has 3 bridgehead atoms. The molecule has 0 aromatic carbocycles. The van der Waals surface area contributed by atoms with E-state index in [1.807, 2.05) is 0 Å². The molecule has 12 heavy (non-hydrogen) atoms. The molecule has 4 atom stereocenters. The van der Waals surface area contributed by atoms with E-state index in [2.05, 4.69) is 12.5 Å². The predicted octanol–water partition coefficient (Wildman–Crippen LogP) is 2.54. The van der Waals surface area contributed by atoms with Crippen molar-refractivity contribution in [2.24, 2.45) is 23.2 Å². The molecule has 3 aliphatic carbocycles. The molecular formula is C11H14N+. The van der Waals surface area contributed by atoms with Crippen molar-refractivity contribution < 1.29 is 0 Å². The van der Waals surface area contributed by atoms with Crippen molar-refractivity contribution >= 4 is 0 Å². The summed E-state index contributed by atoms with van der Waals surface area (Å²) in [4.78, 5) is 0. The molecular weight excluding hydrogens is 146 g/mol. The van der Waals surface area contributed by atoms with Gasteiger partial charge in [0.05, 0.1) is 12.8 Å². The van der Waals surface area contributed by atoms with Crippen LogP contribution in [0.2, 0.25) is 0 Å². The lowest BCUT2D eigenvalue weighted by Gasteiger charge is -2.31. The lowest BCUT2D eigenvalue weighted by molar-refractivity contribution is 0.183. The van der Waals surface area contributed by atoms with Crippen LogP contribution in [0.1, 0.15) is 32.1 Å². The van der Waals surface area contributed by atoms with Crippen molar-refractivity contribution in [2.75, 3.05) is 0 Å². The number of rotatable bonds is 0. The van der Waals surface area contributed by atoms with Gasteiger partial charge in [-0.15, -0.1) is 0 Å². The third-order valence-electron chi connectivity index (χ3n) is 4.28. The fraction of sp³-hybridized carbons (Fsp3) is 0.818. The van der Waals surface area contributed by atoms with Crippen LogP contribution in [0.5, 0.6) is 0 Å². The van der Waals surface area contributed by atoms with Gasteiger partial charge < -0.3 is 0 Å². The molecule has 1 nitrogen and oxygen atoms in total. The summed E-state index contributed by atoms with van der Waals surface area (Å²) in [5.41, 5.74) is 0.0255. The van der Waals surface area contributed by atoms with Crippen LogP contribution in [-0.4, -0.2) is 0 Å². The zero-order valence-corrected chi connectivity index (χ0v) is 7.29. The summed E-state index contributed by atoms with van der Waals surface area (Å²) in [5, 5.41) is 9.21. The predicted molar refractivity (Wildman–Crippen MR) is 45.9 cm³/mol. The van der Waals surface area contributed by atoms with E-state index in [4.69, 9.17) is 0 Å². The van der Waals surface area contributed by atoms with Crippen molar-refractivity contribution in [1.29, 1.82) is 5.26 Å². The molecule has 0 aromatic rings. The Hall–Kier alpha value is -0.640. The van der Waals surface area contributed by atoms with Crippen LogP contribution >= 0.6 is 0 Å². The smallest absolute Gasteiger partial charge is 0.193 e. The SMILES string of the molecule is N#C[C@@]12[CH+]C[C@@H]3C[C@@H](C[C@H]1C3)C2. The van der Waals surface area contributed by atoms with Gasteiger partial charge in [-0.2, -0.15) is 5.26 Å². The highest BCUT2D eigenvalue weighted by molar-refractivity contribution is 5.20. The van der Waals surface area contributed by atoms with Crippen LogP contribution in [0.25, 0.3) is 0 Å². The lowest BCUT2D eigenvalue weighted by atomic mass is 9.65. The first-order chi connectivity index (χ1) is 5.82. The second-order valence-corrected chi connectivity index (χ2v) is 4.93. The molecule has 62 valence electrons. The molecule has 0 unspecified atom stereocenters. The van der Waals surface area contributed by atoms with Gasteiger partial charge >= 0.3 is 0 Å². The third-order valence-corrected chi connectivity index (χ3v) is 4.28. The fourth-order valence-corrected chi connectivity index (χ4v) is 3.80. The summed E-state index contributed by atoms with van der Waals surface area (Å²) >= 11 is 0. The van der Waals surface area contributed by atoms with Gasteiger partial charge in [0.15, 0.2) is 5.41 Å². The first-order valence-corrected chi connectivity index (χ1v) is 5.08. The summed E-state index contributed by atoms with van der Waals surface area (Å²) < 4.78 is 0. The highest BCUT2D eigenvalue weighted by Crippen LogP contribution is 2.61. The van der Waals surface area contributed by atoms with E-state index in [9.17, 15) is 5.26 Å². The summed E-state index contributed by atoms with van der Waals surface area (Å²) in [7, 11) is 0. The minimum atomic E-state index is 0.0255. The molecule has 0 aromatic heterocycles. The Labute approximate surface area is 73.8 Å².